The van der Waals surface area contributed by atoms with Crippen LogP contribution in [0.15, 0.2) is 30.3 Å². The van der Waals surface area contributed by atoms with E-state index in [1.165, 1.54) is 16.5 Å². The molecule has 21 heavy (non-hydrogen) atoms. The van der Waals surface area contributed by atoms with E-state index < -0.39 is 11.9 Å². The average Bonchev–Trinajstić information content (AvgIpc) is 2.44. The molecule has 0 spiro atoms. The van der Waals surface area contributed by atoms with E-state index in [9.17, 15) is 9.59 Å². The number of hydrogen-bond acceptors (Lipinski definition) is 2. The molecule has 0 radical (unpaired) electrons. The van der Waals surface area contributed by atoms with Crippen molar-refractivity contribution in [1.82, 2.24) is 4.90 Å². The van der Waals surface area contributed by atoms with E-state index in [4.69, 9.17) is 5.11 Å². The van der Waals surface area contributed by atoms with Crippen molar-refractivity contribution in [2.45, 2.75) is 26.7 Å². The van der Waals surface area contributed by atoms with Crippen LogP contribution in [0.5, 0.6) is 0 Å². The lowest BCUT2D eigenvalue weighted by Crippen LogP contribution is -2.32. The summed E-state index contributed by atoms with van der Waals surface area (Å²) >= 11 is 0. The Hall–Kier alpha value is -2.10. The van der Waals surface area contributed by atoms with Gasteiger partial charge in [0.05, 0.1) is 5.92 Å². The summed E-state index contributed by atoms with van der Waals surface area (Å²) in [6.07, 6.45) is 3.22. The van der Waals surface area contributed by atoms with Crippen molar-refractivity contribution in [3.63, 3.8) is 0 Å². The van der Waals surface area contributed by atoms with E-state index in [-0.39, 0.29) is 12.5 Å². The number of amides is 1. The monoisotopic (exact) mass is 289 g/mol. The molecule has 1 unspecified atom stereocenters. The molecule has 0 bridgehead atoms. The summed E-state index contributed by atoms with van der Waals surface area (Å²) in [6, 6.07) is 8.04. The molecule has 0 saturated carbocycles. The van der Waals surface area contributed by atoms with E-state index in [0.717, 1.165) is 5.56 Å². The summed E-state index contributed by atoms with van der Waals surface area (Å²) in [6.45, 7) is 6.05. The second kappa shape index (κ2) is 7.62. The first-order valence-electron chi connectivity index (χ1n) is 7.07. The first-order chi connectivity index (χ1) is 9.81. The van der Waals surface area contributed by atoms with Gasteiger partial charge in [-0.05, 0) is 23.1 Å². The number of aliphatic carboxylic acids is 1. The maximum Gasteiger partial charge on any atom is 0.308 e. The molecule has 0 aliphatic rings. The number of carbonyl (C=O) groups is 2. The number of carboxylic acids is 1. The molecular formula is C17H23NO3. The number of likely N-dealkylation sites (N-methyl/N-ethyl adjacent to an activating group) is 1. The lowest BCUT2D eigenvalue weighted by atomic mass is 10.0. The normalized spacial score (nSPS) is 12.6. The zero-order valence-electron chi connectivity index (χ0n) is 13.0. The van der Waals surface area contributed by atoms with Crippen LogP contribution in [0.3, 0.4) is 0 Å². The van der Waals surface area contributed by atoms with Gasteiger partial charge in [0.15, 0.2) is 0 Å². The molecular weight excluding hydrogens is 266 g/mol. The highest BCUT2D eigenvalue weighted by Gasteiger charge is 2.15. The summed E-state index contributed by atoms with van der Waals surface area (Å²) in [7, 11) is 1.61. The first kappa shape index (κ1) is 17.0. The lowest BCUT2D eigenvalue weighted by Gasteiger charge is -2.17. The Morgan fingerprint density at radius 3 is 2.24 bits per heavy atom. The highest BCUT2D eigenvalue weighted by molar-refractivity contribution is 5.91. The van der Waals surface area contributed by atoms with Gasteiger partial charge in [0.25, 0.3) is 0 Å². The molecule has 0 aliphatic heterocycles. The minimum atomic E-state index is -0.900. The van der Waals surface area contributed by atoms with Crippen LogP contribution in [-0.2, 0) is 9.59 Å². The minimum absolute atomic E-state index is 0.198. The Kier molecular flexibility index (Phi) is 6.15. The van der Waals surface area contributed by atoms with Crippen LogP contribution < -0.4 is 0 Å². The third-order valence-electron chi connectivity index (χ3n) is 3.37. The van der Waals surface area contributed by atoms with Crippen LogP contribution in [0.25, 0.3) is 6.08 Å². The van der Waals surface area contributed by atoms with Gasteiger partial charge in [0, 0.05) is 19.7 Å². The molecule has 0 aliphatic carbocycles. The Morgan fingerprint density at radius 1 is 1.19 bits per heavy atom. The number of carbonyl (C=O) groups excluding carboxylic acids is 1. The minimum Gasteiger partial charge on any atom is -0.481 e. The fourth-order valence-corrected chi connectivity index (χ4v) is 1.87. The molecule has 1 aromatic carbocycles. The van der Waals surface area contributed by atoms with E-state index in [1.54, 1.807) is 20.0 Å². The van der Waals surface area contributed by atoms with Gasteiger partial charge in [0.2, 0.25) is 5.91 Å². The topological polar surface area (TPSA) is 57.6 Å². The average molecular weight is 289 g/mol. The van der Waals surface area contributed by atoms with Crippen molar-refractivity contribution in [2.75, 3.05) is 13.6 Å². The van der Waals surface area contributed by atoms with Crippen LogP contribution in [0.1, 0.15) is 37.8 Å². The molecule has 4 heteroatoms. The maximum atomic E-state index is 11.9. The van der Waals surface area contributed by atoms with E-state index >= 15 is 0 Å². The molecule has 0 fully saturated rings. The molecule has 114 valence electrons. The van der Waals surface area contributed by atoms with Gasteiger partial charge in [-0.2, -0.15) is 0 Å². The van der Waals surface area contributed by atoms with Gasteiger partial charge in [-0.15, -0.1) is 0 Å². The second-order valence-electron chi connectivity index (χ2n) is 5.61. The summed E-state index contributed by atoms with van der Waals surface area (Å²) in [5, 5.41) is 8.84. The molecule has 4 nitrogen and oxygen atoms in total. The van der Waals surface area contributed by atoms with Crippen LogP contribution in [0, 0.1) is 5.92 Å². The summed E-state index contributed by atoms with van der Waals surface area (Å²) in [5.74, 6) is -1.19. The fourth-order valence-electron chi connectivity index (χ4n) is 1.87. The smallest absolute Gasteiger partial charge is 0.308 e. The van der Waals surface area contributed by atoms with Gasteiger partial charge in [-0.1, -0.05) is 45.0 Å². The number of rotatable bonds is 6. The standard InChI is InChI=1S/C17H23NO3/c1-12(2)15-8-5-14(6-9-15)7-10-16(19)18(4)11-13(3)17(20)21/h5-10,12-13H,11H2,1-4H3,(H,20,21)/b10-7+. The Bertz CT molecular complexity index is 517. The number of nitrogens with zero attached hydrogens (tertiary/aromatic N) is 1. The quantitative estimate of drug-likeness (QED) is 0.819. The van der Waals surface area contributed by atoms with Crippen LogP contribution in [0.2, 0.25) is 0 Å². The number of hydrogen-bond donors (Lipinski definition) is 1. The molecule has 0 aromatic heterocycles. The number of carboxylic acid groups (broad SMARTS) is 1. The van der Waals surface area contributed by atoms with Crippen LogP contribution >= 0.6 is 0 Å². The molecule has 1 amide bonds. The Morgan fingerprint density at radius 2 is 1.76 bits per heavy atom. The predicted molar refractivity (Wildman–Crippen MR) is 84.0 cm³/mol. The summed E-state index contributed by atoms with van der Waals surface area (Å²) < 4.78 is 0. The highest BCUT2D eigenvalue weighted by Crippen LogP contribution is 2.15. The third-order valence-corrected chi connectivity index (χ3v) is 3.37. The maximum absolute atomic E-state index is 11.9. The van der Waals surface area contributed by atoms with Crippen molar-refractivity contribution in [2.24, 2.45) is 5.92 Å². The van der Waals surface area contributed by atoms with Gasteiger partial charge in [-0.3, -0.25) is 9.59 Å². The molecule has 1 aromatic rings. The second-order valence-corrected chi connectivity index (χ2v) is 5.61. The summed E-state index contributed by atoms with van der Waals surface area (Å²) in [5.41, 5.74) is 2.21. The van der Waals surface area contributed by atoms with E-state index in [2.05, 4.69) is 13.8 Å². The van der Waals surface area contributed by atoms with Crippen molar-refractivity contribution < 1.29 is 14.7 Å². The zero-order valence-corrected chi connectivity index (χ0v) is 13.0. The number of benzene rings is 1. The van der Waals surface area contributed by atoms with Crippen molar-refractivity contribution in [1.29, 1.82) is 0 Å². The zero-order chi connectivity index (χ0) is 16.0. The first-order valence-corrected chi connectivity index (χ1v) is 7.07. The van der Waals surface area contributed by atoms with Gasteiger partial charge >= 0.3 is 5.97 Å². The van der Waals surface area contributed by atoms with Crippen LogP contribution in [-0.4, -0.2) is 35.5 Å². The van der Waals surface area contributed by atoms with Crippen molar-refractivity contribution in [3.05, 3.63) is 41.5 Å². The molecule has 1 atom stereocenters. The predicted octanol–water partition coefficient (Wildman–Crippen LogP) is 3.00. The Labute approximate surface area is 126 Å². The molecule has 0 saturated heterocycles. The van der Waals surface area contributed by atoms with Crippen molar-refractivity contribution >= 4 is 18.0 Å². The SMILES string of the molecule is CC(CN(C)C(=O)/C=C/c1ccc(C(C)C)cc1)C(=O)O. The fraction of sp³-hybridized carbons (Fsp3) is 0.412. The molecule has 1 rings (SSSR count). The van der Waals surface area contributed by atoms with Crippen molar-refractivity contribution in [3.8, 4) is 0 Å². The van der Waals surface area contributed by atoms with Gasteiger partial charge in [-0.25, -0.2) is 0 Å². The van der Waals surface area contributed by atoms with Gasteiger partial charge < -0.3 is 10.0 Å². The largest absolute Gasteiger partial charge is 0.481 e. The molecule has 1 N–H and O–H groups in total. The van der Waals surface area contributed by atoms with E-state index in [0.29, 0.717) is 5.92 Å². The molecule has 0 heterocycles. The highest BCUT2D eigenvalue weighted by atomic mass is 16.4. The van der Waals surface area contributed by atoms with E-state index in [1.807, 2.05) is 24.3 Å². The summed E-state index contributed by atoms with van der Waals surface area (Å²) in [4.78, 5) is 24.1. The third kappa shape index (κ3) is 5.42. The van der Waals surface area contributed by atoms with Gasteiger partial charge in [0.1, 0.15) is 0 Å². The Balaban J connectivity index is 2.62. The lowest BCUT2D eigenvalue weighted by molar-refractivity contribution is -0.142. The van der Waals surface area contributed by atoms with Crippen LogP contribution in [0.4, 0.5) is 0 Å².